The van der Waals surface area contributed by atoms with Crippen molar-refractivity contribution in [1.82, 2.24) is 20.3 Å². The number of rotatable bonds is 8. The van der Waals surface area contributed by atoms with E-state index in [0.717, 1.165) is 5.39 Å². The monoisotopic (exact) mass is 510 g/mol. The molecule has 1 aliphatic rings. The van der Waals surface area contributed by atoms with Gasteiger partial charge >= 0.3 is 6.18 Å². The zero-order valence-electron chi connectivity index (χ0n) is 18.6. The molecule has 8 nitrogen and oxygen atoms in total. The second-order valence-corrected chi connectivity index (χ2v) is 10.2. The number of hydrogen-bond acceptors (Lipinski definition) is 6. The summed E-state index contributed by atoms with van der Waals surface area (Å²) in [6.45, 7) is -0.868. The third kappa shape index (κ3) is 6.80. The highest BCUT2D eigenvalue weighted by molar-refractivity contribution is 7.89. The summed E-state index contributed by atoms with van der Waals surface area (Å²) >= 11 is 0. The number of aromatic nitrogens is 1. The molecule has 1 aromatic carbocycles. The Kier molecular flexibility index (Phi) is 7.43. The molecule has 3 N–H and O–H groups in total. The average molecular weight is 511 g/mol. The predicted molar refractivity (Wildman–Crippen MR) is 122 cm³/mol. The Balaban J connectivity index is 1.27. The van der Waals surface area contributed by atoms with Crippen molar-refractivity contribution >= 4 is 26.9 Å². The van der Waals surface area contributed by atoms with Crippen LogP contribution in [0.1, 0.15) is 41.8 Å². The molecule has 1 aliphatic carbocycles. The van der Waals surface area contributed by atoms with E-state index in [2.05, 4.69) is 20.3 Å². The summed E-state index contributed by atoms with van der Waals surface area (Å²) in [4.78, 5) is 16.4. The van der Waals surface area contributed by atoms with Gasteiger partial charge in [0.1, 0.15) is 0 Å². The van der Waals surface area contributed by atoms with Gasteiger partial charge in [-0.05, 0) is 55.5 Å². The summed E-state index contributed by atoms with van der Waals surface area (Å²) in [6.07, 6.45) is 0.694. The maximum atomic E-state index is 12.7. The lowest BCUT2D eigenvalue weighted by molar-refractivity contribution is -0.126. The van der Waals surface area contributed by atoms with Crippen LogP contribution in [-0.2, 0) is 16.6 Å². The molecule has 3 aromatic rings. The van der Waals surface area contributed by atoms with Gasteiger partial charge in [-0.2, -0.15) is 13.2 Å². The first-order valence-electron chi connectivity index (χ1n) is 11.1. The SMILES string of the molecule is O=C(NCc1ccc(S(=O)(=O)NC2CCC(NCC(F)(F)F)CC2)cc1)c1cc2ccncc2o1. The zero-order chi connectivity index (χ0) is 25.1. The molecule has 0 radical (unpaired) electrons. The van der Waals surface area contributed by atoms with E-state index in [1.807, 2.05) is 0 Å². The molecule has 4 rings (SSSR count). The molecule has 0 bridgehead atoms. The van der Waals surface area contributed by atoms with Crippen LogP contribution < -0.4 is 15.4 Å². The van der Waals surface area contributed by atoms with Crippen LogP contribution in [0.15, 0.2) is 58.1 Å². The molecule has 0 spiro atoms. The first-order valence-corrected chi connectivity index (χ1v) is 12.6. The fraction of sp³-hybridized carbons (Fsp3) is 0.391. The number of nitrogens with one attached hydrogen (secondary N) is 3. The number of nitrogens with zero attached hydrogens (tertiary/aromatic N) is 1. The van der Waals surface area contributed by atoms with Crippen molar-refractivity contribution in [3.05, 3.63) is 60.1 Å². The number of hydrogen-bond donors (Lipinski definition) is 3. The first-order chi connectivity index (χ1) is 16.6. The molecular formula is C23H25F3N4O4S. The lowest BCUT2D eigenvalue weighted by Gasteiger charge is -2.29. The van der Waals surface area contributed by atoms with Crippen LogP contribution in [0.25, 0.3) is 11.0 Å². The number of alkyl halides is 3. The largest absolute Gasteiger partial charge is 0.449 e. The van der Waals surface area contributed by atoms with Gasteiger partial charge in [0.05, 0.1) is 17.6 Å². The third-order valence-corrected chi connectivity index (χ3v) is 7.41. The second kappa shape index (κ2) is 10.3. The molecule has 12 heteroatoms. The van der Waals surface area contributed by atoms with Gasteiger partial charge in [0.2, 0.25) is 10.0 Å². The van der Waals surface area contributed by atoms with Gasteiger partial charge < -0.3 is 15.1 Å². The van der Waals surface area contributed by atoms with Crippen molar-refractivity contribution in [2.45, 2.75) is 55.4 Å². The van der Waals surface area contributed by atoms with Crippen molar-refractivity contribution in [3.63, 3.8) is 0 Å². The molecule has 1 saturated carbocycles. The van der Waals surface area contributed by atoms with Crippen LogP contribution in [0.3, 0.4) is 0 Å². The standard InChI is InChI=1S/C23H25F3N4O4S/c24-23(25,26)14-29-17-3-5-18(6-4-17)30-35(32,33)19-7-1-15(2-8-19)12-28-22(31)20-11-16-9-10-27-13-21(16)34-20/h1-2,7-11,13,17-18,29-30H,3-6,12,14H2,(H,28,31). The fourth-order valence-electron chi connectivity index (χ4n) is 4.02. The highest BCUT2D eigenvalue weighted by Crippen LogP contribution is 2.23. The van der Waals surface area contributed by atoms with Crippen molar-refractivity contribution in [2.75, 3.05) is 6.54 Å². The Hall–Kier alpha value is -2.96. The van der Waals surface area contributed by atoms with Crippen molar-refractivity contribution in [3.8, 4) is 0 Å². The van der Waals surface area contributed by atoms with E-state index in [4.69, 9.17) is 4.42 Å². The van der Waals surface area contributed by atoms with E-state index in [9.17, 15) is 26.4 Å². The number of pyridine rings is 1. The van der Waals surface area contributed by atoms with Crippen molar-refractivity contribution in [1.29, 1.82) is 0 Å². The maximum Gasteiger partial charge on any atom is 0.401 e. The van der Waals surface area contributed by atoms with Gasteiger partial charge in [-0.1, -0.05) is 12.1 Å². The molecule has 1 fully saturated rings. The molecule has 0 atom stereocenters. The normalized spacial score (nSPS) is 19.1. The Morgan fingerprint density at radius 1 is 1.06 bits per heavy atom. The Morgan fingerprint density at radius 3 is 2.40 bits per heavy atom. The van der Waals surface area contributed by atoms with Crippen LogP contribution in [-0.4, -0.2) is 44.1 Å². The summed E-state index contributed by atoms with van der Waals surface area (Å²) in [7, 11) is -3.78. The van der Waals surface area contributed by atoms with E-state index in [-0.39, 0.29) is 29.3 Å². The molecule has 1 amide bonds. The minimum atomic E-state index is -4.27. The number of carbonyl (C=O) groups excluding carboxylic acids is 1. The summed E-state index contributed by atoms with van der Waals surface area (Å²) in [5, 5.41) is 5.97. The lowest BCUT2D eigenvalue weighted by atomic mass is 9.92. The van der Waals surface area contributed by atoms with Gasteiger partial charge in [-0.25, -0.2) is 13.1 Å². The Labute approximate surface area is 200 Å². The quantitative estimate of drug-likeness (QED) is 0.428. The maximum absolute atomic E-state index is 12.7. The second-order valence-electron chi connectivity index (χ2n) is 8.52. The topological polar surface area (TPSA) is 113 Å². The van der Waals surface area contributed by atoms with E-state index in [0.29, 0.717) is 36.8 Å². The van der Waals surface area contributed by atoms with Gasteiger partial charge in [-0.3, -0.25) is 9.78 Å². The van der Waals surface area contributed by atoms with Gasteiger partial charge in [0, 0.05) is 30.2 Å². The van der Waals surface area contributed by atoms with Crippen LogP contribution in [0, 0.1) is 0 Å². The van der Waals surface area contributed by atoms with Crippen LogP contribution in [0.2, 0.25) is 0 Å². The van der Waals surface area contributed by atoms with Gasteiger partial charge in [0.15, 0.2) is 11.3 Å². The van der Waals surface area contributed by atoms with Crippen molar-refractivity contribution in [2.24, 2.45) is 0 Å². The summed E-state index contributed by atoms with van der Waals surface area (Å²) < 4.78 is 70.6. The average Bonchev–Trinajstić information content (AvgIpc) is 3.26. The van der Waals surface area contributed by atoms with E-state index in [1.54, 1.807) is 30.5 Å². The highest BCUT2D eigenvalue weighted by Gasteiger charge is 2.30. The van der Waals surface area contributed by atoms with Gasteiger partial charge in [-0.15, -0.1) is 0 Å². The van der Waals surface area contributed by atoms with Crippen LogP contribution in [0.5, 0.6) is 0 Å². The molecular weight excluding hydrogens is 485 g/mol. The summed E-state index contributed by atoms with van der Waals surface area (Å²) in [5.41, 5.74) is 1.21. The molecule has 2 aromatic heterocycles. The smallest absolute Gasteiger partial charge is 0.401 e. The number of halogens is 3. The predicted octanol–water partition coefficient (Wildman–Crippen LogP) is 3.50. The number of amides is 1. The van der Waals surface area contributed by atoms with E-state index in [1.165, 1.54) is 18.3 Å². The van der Waals surface area contributed by atoms with Crippen molar-refractivity contribution < 1.29 is 30.8 Å². The molecule has 0 saturated heterocycles. The number of benzene rings is 1. The molecule has 0 unspecified atom stereocenters. The molecule has 0 aliphatic heterocycles. The highest BCUT2D eigenvalue weighted by atomic mass is 32.2. The number of fused-ring (bicyclic) bond motifs is 1. The van der Waals surface area contributed by atoms with E-state index < -0.39 is 28.7 Å². The zero-order valence-corrected chi connectivity index (χ0v) is 19.5. The lowest BCUT2D eigenvalue weighted by Crippen LogP contribution is -2.44. The third-order valence-electron chi connectivity index (χ3n) is 5.87. The van der Waals surface area contributed by atoms with Gasteiger partial charge in [0.25, 0.3) is 5.91 Å². The number of sulfonamides is 1. The fourth-order valence-corrected chi connectivity index (χ4v) is 5.32. The first kappa shape index (κ1) is 25.1. The molecule has 188 valence electrons. The summed E-state index contributed by atoms with van der Waals surface area (Å²) in [6, 6.07) is 8.86. The number of carbonyl (C=O) groups is 1. The molecule has 2 heterocycles. The minimum absolute atomic E-state index is 0.0784. The number of furan rings is 1. The summed E-state index contributed by atoms with van der Waals surface area (Å²) in [5.74, 6) is -0.250. The van der Waals surface area contributed by atoms with E-state index >= 15 is 0 Å². The van der Waals surface area contributed by atoms with Crippen LogP contribution in [0.4, 0.5) is 13.2 Å². The van der Waals surface area contributed by atoms with Crippen LogP contribution >= 0.6 is 0 Å². The Bertz CT molecular complexity index is 1230. The molecule has 35 heavy (non-hydrogen) atoms. The minimum Gasteiger partial charge on any atom is -0.449 e. The Morgan fingerprint density at radius 2 is 1.74 bits per heavy atom.